The Morgan fingerprint density at radius 1 is 1.03 bits per heavy atom. The monoisotopic (exact) mass is 569 g/mol. The van der Waals surface area contributed by atoms with Gasteiger partial charge in [-0.15, -0.1) is 11.8 Å². The maximum absolute atomic E-state index is 12.5. The molecule has 9 nitrogen and oxygen atoms in total. The topological polar surface area (TPSA) is 130 Å². The van der Waals surface area contributed by atoms with Crippen LogP contribution in [0.25, 0.3) is 0 Å². The van der Waals surface area contributed by atoms with Gasteiger partial charge >= 0.3 is 24.3 Å². The summed E-state index contributed by atoms with van der Waals surface area (Å²) in [6, 6.07) is 9.39. The molecule has 2 N–H and O–H groups in total. The second-order valence-electron chi connectivity index (χ2n) is 8.06. The van der Waals surface area contributed by atoms with E-state index in [0.29, 0.717) is 5.69 Å². The van der Waals surface area contributed by atoms with Crippen molar-refractivity contribution in [1.82, 2.24) is 14.9 Å². The number of carbonyl (C=O) groups is 3. The molecule has 0 bridgehead atoms. The standard InChI is InChI=1S/C18H19N3O2S.2C2HF3O2/c1-13-4-2-6-16(20-13)17(22)21-11-18(12-21)8-15(10-24-18)23-14-5-3-7-19-9-14;2*3-2(4,5)1(6)7/h2-7,9,15H,8,10-12H2,1H3;2*(H,6,7). The lowest BCUT2D eigenvalue weighted by Gasteiger charge is -2.47. The summed E-state index contributed by atoms with van der Waals surface area (Å²) in [5.74, 6) is -3.71. The summed E-state index contributed by atoms with van der Waals surface area (Å²) >= 11 is 1.92. The van der Waals surface area contributed by atoms with Crippen molar-refractivity contribution in [3.8, 4) is 5.75 Å². The van der Waals surface area contributed by atoms with Crippen molar-refractivity contribution in [1.29, 1.82) is 0 Å². The zero-order valence-corrected chi connectivity index (χ0v) is 20.3. The van der Waals surface area contributed by atoms with Crippen LogP contribution in [-0.4, -0.2) is 85.0 Å². The number of amides is 1. The molecule has 2 aromatic rings. The molecule has 2 fully saturated rings. The number of thioether (sulfide) groups is 1. The second-order valence-corrected chi connectivity index (χ2v) is 9.55. The number of aliphatic carboxylic acids is 2. The lowest BCUT2D eigenvalue weighted by Crippen LogP contribution is -2.61. The van der Waals surface area contributed by atoms with Gasteiger partial charge in [-0.3, -0.25) is 9.78 Å². The Kier molecular flexibility index (Phi) is 9.94. The quantitative estimate of drug-likeness (QED) is 0.530. The second kappa shape index (κ2) is 12.3. The molecular weight excluding hydrogens is 548 g/mol. The maximum atomic E-state index is 12.5. The van der Waals surface area contributed by atoms with E-state index in [1.807, 2.05) is 47.9 Å². The summed E-state index contributed by atoms with van der Waals surface area (Å²) in [7, 11) is 0. The lowest BCUT2D eigenvalue weighted by atomic mass is 9.92. The molecule has 208 valence electrons. The maximum Gasteiger partial charge on any atom is 0.490 e. The Morgan fingerprint density at radius 3 is 2.08 bits per heavy atom. The molecule has 1 amide bonds. The Hall–Kier alpha value is -3.56. The van der Waals surface area contributed by atoms with Crippen molar-refractivity contribution >= 4 is 29.6 Å². The number of nitrogens with zero attached hydrogens (tertiary/aromatic N) is 3. The summed E-state index contributed by atoms with van der Waals surface area (Å²) < 4.78 is 69.6. The molecular formula is C22H21F6N3O6S. The van der Waals surface area contributed by atoms with E-state index in [-0.39, 0.29) is 16.8 Å². The smallest absolute Gasteiger partial charge is 0.488 e. The molecule has 4 heterocycles. The number of pyridine rings is 2. The highest BCUT2D eigenvalue weighted by Crippen LogP contribution is 2.46. The van der Waals surface area contributed by atoms with Gasteiger partial charge in [0.25, 0.3) is 5.91 Å². The highest BCUT2D eigenvalue weighted by atomic mass is 32.2. The first-order valence-electron chi connectivity index (χ1n) is 10.6. The molecule has 2 aliphatic rings. The van der Waals surface area contributed by atoms with Crippen molar-refractivity contribution in [3.05, 3.63) is 54.1 Å². The van der Waals surface area contributed by atoms with Gasteiger partial charge < -0.3 is 19.8 Å². The van der Waals surface area contributed by atoms with Crippen LogP contribution in [-0.2, 0) is 9.59 Å². The highest BCUT2D eigenvalue weighted by molar-refractivity contribution is 8.01. The van der Waals surface area contributed by atoms with Gasteiger partial charge in [-0.05, 0) is 31.2 Å². The van der Waals surface area contributed by atoms with Gasteiger partial charge in [0, 0.05) is 37.2 Å². The fraction of sp³-hybridized carbons (Fsp3) is 0.409. The molecule has 0 aromatic carbocycles. The van der Waals surface area contributed by atoms with Crippen molar-refractivity contribution in [2.24, 2.45) is 0 Å². The average Bonchev–Trinajstić information content (AvgIpc) is 3.22. The lowest BCUT2D eigenvalue weighted by molar-refractivity contribution is -0.193. The SMILES string of the molecule is Cc1cccc(C(=O)N2CC3(CC(Oc4cccnc4)CS3)C2)n1.O=C(O)C(F)(F)F.O=C(O)C(F)(F)F. The minimum Gasteiger partial charge on any atom is -0.488 e. The number of halogens is 6. The number of carboxylic acids is 2. The van der Waals surface area contributed by atoms with E-state index >= 15 is 0 Å². The zero-order chi connectivity index (χ0) is 28.7. The summed E-state index contributed by atoms with van der Waals surface area (Å²) in [6.45, 7) is 3.46. The number of aromatic nitrogens is 2. The number of hydrogen-bond donors (Lipinski definition) is 2. The van der Waals surface area contributed by atoms with Gasteiger partial charge in [-0.2, -0.15) is 26.3 Å². The number of aryl methyl sites for hydroxylation is 1. The molecule has 4 rings (SSSR count). The summed E-state index contributed by atoms with van der Waals surface area (Å²) in [4.78, 5) is 40.6. The minimum absolute atomic E-state index is 0.0292. The van der Waals surface area contributed by atoms with Gasteiger partial charge in [0.15, 0.2) is 0 Å². The molecule has 1 spiro atoms. The number of ether oxygens (including phenoxy) is 1. The van der Waals surface area contributed by atoms with Crippen molar-refractivity contribution in [2.75, 3.05) is 18.8 Å². The first-order chi connectivity index (χ1) is 17.5. The van der Waals surface area contributed by atoms with Gasteiger partial charge in [-0.25, -0.2) is 14.6 Å². The highest BCUT2D eigenvalue weighted by Gasteiger charge is 2.51. The van der Waals surface area contributed by atoms with E-state index < -0.39 is 24.3 Å². The van der Waals surface area contributed by atoms with Crippen molar-refractivity contribution in [2.45, 2.75) is 36.5 Å². The third kappa shape index (κ3) is 9.08. The molecule has 16 heteroatoms. The van der Waals surface area contributed by atoms with Gasteiger partial charge in [0.05, 0.1) is 10.9 Å². The van der Waals surface area contributed by atoms with Crippen LogP contribution >= 0.6 is 11.8 Å². The largest absolute Gasteiger partial charge is 0.490 e. The number of carboxylic acid groups (broad SMARTS) is 2. The van der Waals surface area contributed by atoms with E-state index in [2.05, 4.69) is 9.97 Å². The number of hydrogen-bond acceptors (Lipinski definition) is 7. The Morgan fingerprint density at radius 2 is 1.61 bits per heavy atom. The number of rotatable bonds is 3. The number of alkyl halides is 6. The van der Waals surface area contributed by atoms with Crippen molar-refractivity contribution in [3.63, 3.8) is 0 Å². The molecule has 2 saturated heterocycles. The average molecular weight is 569 g/mol. The number of likely N-dealkylation sites (tertiary alicyclic amines) is 1. The minimum atomic E-state index is -5.08. The van der Waals surface area contributed by atoms with E-state index in [0.717, 1.165) is 36.7 Å². The first-order valence-corrected chi connectivity index (χ1v) is 11.5. The van der Waals surface area contributed by atoms with Crippen molar-refractivity contribution < 1.29 is 55.7 Å². The predicted molar refractivity (Wildman–Crippen MR) is 121 cm³/mol. The van der Waals surface area contributed by atoms with Crippen LogP contribution in [0.2, 0.25) is 0 Å². The van der Waals surface area contributed by atoms with Crippen LogP contribution in [0.1, 0.15) is 22.6 Å². The van der Waals surface area contributed by atoms with E-state index in [1.165, 1.54) is 0 Å². The Bertz CT molecular complexity index is 1100. The third-order valence-corrected chi connectivity index (χ3v) is 6.53. The molecule has 0 aliphatic carbocycles. The van der Waals surface area contributed by atoms with Gasteiger partial charge in [0.2, 0.25) is 0 Å². The van der Waals surface area contributed by atoms with Gasteiger partial charge in [0.1, 0.15) is 17.5 Å². The fourth-order valence-corrected chi connectivity index (χ4v) is 4.85. The molecule has 0 radical (unpaired) electrons. The van der Waals surface area contributed by atoms with Crippen LogP contribution < -0.4 is 4.74 Å². The zero-order valence-electron chi connectivity index (χ0n) is 19.5. The Labute approximate surface area is 215 Å². The molecule has 2 aliphatic heterocycles. The normalized spacial score (nSPS) is 17.8. The van der Waals surface area contributed by atoms with Crippen LogP contribution in [0.5, 0.6) is 5.75 Å². The van der Waals surface area contributed by atoms with E-state index in [9.17, 15) is 31.1 Å². The molecule has 0 saturated carbocycles. The first kappa shape index (κ1) is 30.7. The van der Waals surface area contributed by atoms with Crippen LogP contribution in [0, 0.1) is 6.92 Å². The molecule has 1 atom stereocenters. The summed E-state index contributed by atoms with van der Waals surface area (Å²) in [6.07, 6.45) is -5.52. The van der Waals surface area contributed by atoms with E-state index in [4.69, 9.17) is 24.5 Å². The molecule has 2 aromatic heterocycles. The Balaban J connectivity index is 0.000000301. The third-order valence-electron chi connectivity index (χ3n) is 4.95. The van der Waals surface area contributed by atoms with Crippen LogP contribution in [0.3, 0.4) is 0 Å². The molecule has 38 heavy (non-hydrogen) atoms. The summed E-state index contributed by atoms with van der Waals surface area (Å²) in [5.41, 5.74) is 1.41. The van der Waals surface area contributed by atoms with E-state index in [1.54, 1.807) is 18.5 Å². The van der Waals surface area contributed by atoms with Gasteiger partial charge in [-0.1, -0.05) is 6.07 Å². The van der Waals surface area contributed by atoms with Crippen LogP contribution in [0.15, 0.2) is 42.7 Å². The fourth-order valence-electron chi connectivity index (χ4n) is 3.32. The summed E-state index contributed by atoms with van der Waals surface area (Å²) in [5, 5.41) is 14.2. The molecule has 1 unspecified atom stereocenters. The number of carbonyl (C=O) groups excluding carboxylic acids is 1. The van der Waals surface area contributed by atoms with Crippen LogP contribution in [0.4, 0.5) is 26.3 Å². The predicted octanol–water partition coefficient (Wildman–Crippen LogP) is 3.83.